The van der Waals surface area contributed by atoms with Gasteiger partial charge < -0.3 is 9.64 Å². The Bertz CT molecular complexity index is 959. The molecule has 0 bridgehead atoms. The summed E-state index contributed by atoms with van der Waals surface area (Å²) in [5.41, 5.74) is 1.63. The van der Waals surface area contributed by atoms with Crippen molar-refractivity contribution in [1.29, 1.82) is 0 Å². The van der Waals surface area contributed by atoms with Gasteiger partial charge >= 0.3 is 6.18 Å². The van der Waals surface area contributed by atoms with Gasteiger partial charge in [-0.05, 0) is 51.0 Å². The standard InChI is InChI=1S/C24H34F3N5O2S/c1-16(24(25,26)27)34-23-29-21-8-11-32(12-9-22(21)35-23)10-7-17-3-5-18(6-4-17)13-20(33)14-19-15-28-31(2)30-19/h15-18H,3-14H2,1-2H3/t16-,17?,18?/m0/s1. The normalized spacial score (nSPS) is 22.4. The van der Waals surface area contributed by atoms with E-state index in [9.17, 15) is 18.0 Å². The first-order valence-corrected chi connectivity index (χ1v) is 13.3. The number of hydrogen-bond donors (Lipinski definition) is 0. The molecule has 1 atom stereocenters. The van der Waals surface area contributed by atoms with Crippen LogP contribution in [-0.4, -0.2) is 62.6 Å². The first kappa shape index (κ1) is 26.1. The number of halogens is 3. The van der Waals surface area contributed by atoms with Gasteiger partial charge in [0.2, 0.25) is 0 Å². The van der Waals surface area contributed by atoms with Gasteiger partial charge in [-0.25, -0.2) is 4.98 Å². The zero-order valence-corrected chi connectivity index (χ0v) is 21.2. The van der Waals surface area contributed by atoms with Crippen LogP contribution in [-0.2, 0) is 31.1 Å². The lowest BCUT2D eigenvalue weighted by atomic mass is 9.78. The number of thiazole rings is 1. The topological polar surface area (TPSA) is 73.1 Å². The second-order valence-electron chi connectivity index (χ2n) is 9.91. The van der Waals surface area contributed by atoms with E-state index < -0.39 is 12.3 Å². The van der Waals surface area contributed by atoms with Gasteiger partial charge in [0.05, 0.1) is 24.0 Å². The van der Waals surface area contributed by atoms with Crippen molar-refractivity contribution in [2.24, 2.45) is 18.9 Å². The van der Waals surface area contributed by atoms with Crippen molar-refractivity contribution >= 4 is 17.1 Å². The minimum Gasteiger partial charge on any atom is -0.457 e. The monoisotopic (exact) mass is 513 g/mol. The Labute approximate surface area is 208 Å². The number of carbonyl (C=O) groups is 1. The predicted octanol–water partition coefficient (Wildman–Crippen LogP) is 4.40. The smallest absolute Gasteiger partial charge is 0.425 e. The highest BCUT2D eigenvalue weighted by atomic mass is 32.1. The minimum atomic E-state index is -4.38. The number of rotatable bonds is 9. The van der Waals surface area contributed by atoms with E-state index in [0.717, 1.165) is 74.9 Å². The van der Waals surface area contributed by atoms with Gasteiger partial charge in [-0.1, -0.05) is 24.2 Å². The number of aryl methyl sites for hydroxylation is 1. The molecule has 4 rings (SSSR count). The fourth-order valence-corrected chi connectivity index (χ4v) is 6.05. The molecule has 11 heteroatoms. The van der Waals surface area contributed by atoms with Crippen molar-refractivity contribution in [3.63, 3.8) is 0 Å². The van der Waals surface area contributed by atoms with E-state index in [2.05, 4.69) is 20.1 Å². The second-order valence-corrected chi connectivity index (χ2v) is 11.0. The number of nitrogens with zero attached hydrogens (tertiary/aromatic N) is 5. The van der Waals surface area contributed by atoms with E-state index in [0.29, 0.717) is 24.7 Å². The molecule has 0 unspecified atom stereocenters. The summed E-state index contributed by atoms with van der Waals surface area (Å²) in [4.78, 5) is 21.7. The fourth-order valence-electron chi connectivity index (χ4n) is 5.03. The Kier molecular flexibility index (Phi) is 8.46. The van der Waals surface area contributed by atoms with Crippen molar-refractivity contribution < 1.29 is 22.7 Å². The Balaban J connectivity index is 1.14. The van der Waals surface area contributed by atoms with E-state index in [1.165, 1.54) is 29.0 Å². The Hall–Kier alpha value is -2.01. The summed E-state index contributed by atoms with van der Waals surface area (Å²) in [5.74, 6) is 1.42. The van der Waals surface area contributed by atoms with E-state index in [-0.39, 0.29) is 11.0 Å². The number of Topliss-reactive ketones (excluding diaryl/α,β-unsaturated/α-hetero) is 1. The van der Waals surface area contributed by atoms with Gasteiger partial charge in [0.15, 0.2) is 6.10 Å². The Morgan fingerprint density at radius 3 is 2.60 bits per heavy atom. The summed E-state index contributed by atoms with van der Waals surface area (Å²) in [7, 11) is 1.76. The first-order valence-electron chi connectivity index (χ1n) is 12.5. The molecule has 1 aliphatic heterocycles. The van der Waals surface area contributed by atoms with E-state index in [4.69, 9.17) is 4.74 Å². The molecular weight excluding hydrogens is 479 g/mol. The van der Waals surface area contributed by atoms with Crippen LogP contribution in [0.3, 0.4) is 0 Å². The zero-order chi connectivity index (χ0) is 25.0. The first-order chi connectivity index (χ1) is 16.7. The molecule has 7 nitrogen and oxygen atoms in total. The highest BCUT2D eigenvalue weighted by molar-refractivity contribution is 7.13. The molecular formula is C24H34F3N5O2S. The molecule has 35 heavy (non-hydrogen) atoms. The van der Waals surface area contributed by atoms with Crippen LogP contribution in [0, 0.1) is 11.8 Å². The molecule has 0 aromatic carbocycles. The predicted molar refractivity (Wildman–Crippen MR) is 127 cm³/mol. The molecule has 1 saturated carbocycles. The van der Waals surface area contributed by atoms with Crippen molar-refractivity contribution in [3.05, 3.63) is 22.5 Å². The van der Waals surface area contributed by atoms with Crippen molar-refractivity contribution in [2.75, 3.05) is 19.6 Å². The fraction of sp³-hybridized carbons (Fsp3) is 0.750. The average Bonchev–Trinajstić information content (AvgIpc) is 3.33. The second kappa shape index (κ2) is 11.4. The van der Waals surface area contributed by atoms with Crippen LogP contribution in [0.15, 0.2) is 6.20 Å². The van der Waals surface area contributed by atoms with Gasteiger partial charge in [0, 0.05) is 37.9 Å². The summed E-state index contributed by atoms with van der Waals surface area (Å²) in [6.07, 6.45) is 3.70. The number of hydrogen-bond acceptors (Lipinski definition) is 7. The van der Waals surface area contributed by atoms with Crippen LogP contribution >= 0.6 is 11.3 Å². The third-order valence-corrected chi connectivity index (χ3v) is 8.23. The molecule has 1 fully saturated rings. The molecule has 2 aromatic rings. The van der Waals surface area contributed by atoms with E-state index in [1.807, 2.05) is 0 Å². The molecule has 3 heterocycles. The van der Waals surface area contributed by atoms with Crippen LogP contribution in [0.5, 0.6) is 5.19 Å². The van der Waals surface area contributed by atoms with Crippen LogP contribution in [0.2, 0.25) is 0 Å². The van der Waals surface area contributed by atoms with Gasteiger partial charge in [-0.15, -0.1) is 0 Å². The van der Waals surface area contributed by atoms with E-state index in [1.54, 1.807) is 13.2 Å². The molecule has 2 aromatic heterocycles. The highest BCUT2D eigenvalue weighted by Gasteiger charge is 2.39. The summed E-state index contributed by atoms with van der Waals surface area (Å²) in [6, 6.07) is 0. The van der Waals surface area contributed by atoms with Crippen molar-refractivity contribution in [3.8, 4) is 5.19 Å². The Morgan fingerprint density at radius 2 is 1.91 bits per heavy atom. The summed E-state index contributed by atoms with van der Waals surface area (Å²) in [6.45, 7) is 3.82. The Morgan fingerprint density at radius 1 is 1.20 bits per heavy atom. The van der Waals surface area contributed by atoms with Crippen molar-refractivity contribution in [2.45, 2.75) is 77.0 Å². The SMILES string of the molecule is C[C@H](Oc1nc2c(s1)CCN(CCC1CCC(CC(=O)Cc3cnn(C)n3)CC1)CC2)C(F)(F)F. The van der Waals surface area contributed by atoms with Crippen LogP contribution < -0.4 is 4.74 Å². The van der Waals surface area contributed by atoms with Crippen LogP contribution in [0.25, 0.3) is 0 Å². The summed E-state index contributed by atoms with van der Waals surface area (Å²) >= 11 is 1.25. The molecule has 1 aliphatic carbocycles. The number of alkyl halides is 3. The quantitative estimate of drug-likeness (QED) is 0.495. The van der Waals surface area contributed by atoms with Gasteiger partial charge in [-0.2, -0.15) is 28.2 Å². The maximum absolute atomic E-state index is 12.8. The van der Waals surface area contributed by atoms with Gasteiger partial charge in [0.1, 0.15) is 5.78 Å². The lowest BCUT2D eigenvalue weighted by Gasteiger charge is -2.30. The minimum absolute atomic E-state index is 0.125. The lowest BCUT2D eigenvalue weighted by molar-refractivity contribution is -0.189. The molecule has 0 radical (unpaired) electrons. The molecule has 0 amide bonds. The molecule has 0 N–H and O–H groups in total. The number of carbonyl (C=O) groups excluding carboxylic acids is 1. The average molecular weight is 514 g/mol. The number of ether oxygens (including phenoxy) is 1. The molecule has 194 valence electrons. The number of aromatic nitrogens is 4. The lowest BCUT2D eigenvalue weighted by Crippen LogP contribution is -2.31. The summed E-state index contributed by atoms with van der Waals surface area (Å²) < 4.78 is 43.3. The van der Waals surface area contributed by atoms with Crippen LogP contribution in [0.1, 0.15) is 61.7 Å². The summed E-state index contributed by atoms with van der Waals surface area (Å²) in [5, 5.41) is 8.35. The largest absolute Gasteiger partial charge is 0.457 e. The highest BCUT2D eigenvalue weighted by Crippen LogP contribution is 2.34. The molecule has 2 aliphatic rings. The number of fused-ring (bicyclic) bond motifs is 1. The van der Waals surface area contributed by atoms with Crippen molar-refractivity contribution in [1.82, 2.24) is 24.9 Å². The van der Waals surface area contributed by atoms with Crippen LogP contribution in [0.4, 0.5) is 13.2 Å². The van der Waals surface area contributed by atoms with Gasteiger partial charge in [-0.3, -0.25) is 4.79 Å². The van der Waals surface area contributed by atoms with E-state index >= 15 is 0 Å². The molecule has 0 saturated heterocycles. The molecule has 0 spiro atoms. The third-order valence-electron chi connectivity index (χ3n) is 7.18. The zero-order valence-electron chi connectivity index (χ0n) is 20.4. The van der Waals surface area contributed by atoms with Gasteiger partial charge in [0.25, 0.3) is 5.19 Å². The number of ketones is 1. The maximum Gasteiger partial charge on any atom is 0.425 e. The maximum atomic E-state index is 12.8. The third kappa shape index (κ3) is 7.49.